The number of benzene rings is 2. The third-order valence-corrected chi connectivity index (χ3v) is 6.97. The smallest absolute Gasteiger partial charge is 0.269 e. The number of nitro groups is 1. The summed E-state index contributed by atoms with van der Waals surface area (Å²) in [6.45, 7) is 2.06. The predicted molar refractivity (Wildman–Crippen MR) is 120 cm³/mol. The van der Waals surface area contributed by atoms with Crippen molar-refractivity contribution >= 4 is 52.7 Å². The number of rotatable bonds is 9. The number of hydrogen-bond donors (Lipinski definition) is 1. The minimum absolute atomic E-state index is 0.000964. The van der Waals surface area contributed by atoms with Gasteiger partial charge in [0.25, 0.3) is 11.6 Å². The summed E-state index contributed by atoms with van der Waals surface area (Å²) in [5, 5.41) is 22.7. The van der Waals surface area contributed by atoms with E-state index >= 15 is 0 Å². The molecule has 1 N–H and O–H groups in total. The molecule has 0 aliphatic heterocycles. The van der Waals surface area contributed by atoms with Crippen molar-refractivity contribution in [1.29, 1.82) is 0 Å². The van der Waals surface area contributed by atoms with Crippen LogP contribution in [0.2, 0.25) is 0 Å². The fraction of sp³-hybridized carbons (Fsp3) is 0.158. The molecule has 0 fully saturated rings. The van der Waals surface area contributed by atoms with Crippen LogP contribution < -0.4 is 5.43 Å². The van der Waals surface area contributed by atoms with E-state index in [0.29, 0.717) is 5.56 Å². The SMILES string of the molecule is Cc1ccc(CSc2nnc(SCC(=O)NN=Cc3ccc([N+](=O)[O-])cc3)s2)cc1. The predicted octanol–water partition coefficient (Wildman–Crippen LogP) is 4.29. The molecule has 1 amide bonds. The number of aryl methyl sites for hydroxylation is 1. The molecule has 0 atom stereocenters. The molecule has 2 aromatic carbocycles. The zero-order valence-electron chi connectivity index (χ0n) is 15.8. The van der Waals surface area contributed by atoms with Crippen molar-refractivity contribution in [2.75, 3.05) is 5.75 Å². The van der Waals surface area contributed by atoms with E-state index in [1.165, 1.54) is 52.6 Å². The molecular formula is C19H17N5O3S3. The van der Waals surface area contributed by atoms with Gasteiger partial charge in [0.2, 0.25) is 0 Å². The summed E-state index contributed by atoms with van der Waals surface area (Å²) >= 11 is 4.36. The minimum atomic E-state index is -0.472. The number of amides is 1. The van der Waals surface area contributed by atoms with Crippen LogP contribution in [0.25, 0.3) is 0 Å². The van der Waals surface area contributed by atoms with Gasteiger partial charge in [0, 0.05) is 17.9 Å². The van der Waals surface area contributed by atoms with E-state index in [2.05, 4.69) is 51.9 Å². The van der Waals surface area contributed by atoms with Crippen molar-refractivity contribution in [2.45, 2.75) is 21.4 Å². The third kappa shape index (κ3) is 6.94. The second-order valence-electron chi connectivity index (χ2n) is 6.04. The molecule has 3 aromatic rings. The highest BCUT2D eigenvalue weighted by Gasteiger charge is 2.09. The Morgan fingerprint density at radius 2 is 1.80 bits per heavy atom. The Balaban J connectivity index is 1.40. The van der Waals surface area contributed by atoms with Crippen LogP contribution in [0.4, 0.5) is 5.69 Å². The molecule has 0 aliphatic carbocycles. The summed E-state index contributed by atoms with van der Waals surface area (Å²) in [7, 11) is 0. The number of hydrogen-bond acceptors (Lipinski definition) is 9. The molecule has 11 heteroatoms. The molecule has 1 heterocycles. The molecule has 0 radical (unpaired) electrons. The number of aromatic nitrogens is 2. The second-order valence-corrected chi connectivity index (χ2v) is 9.46. The highest BCUT2D eigenvalue weighted by molar-refractivity contribution is 8.03. The lowest BCUT2D eigenvalue weighted by atomic mass is 10.2. The third-order valence-electron chi connectivity index (χ3n) is 3.70. The number of carbonyl (C=O) groups excluding carboxylic acids is 1. The summed E-state index contributed by atoms with van der Waals surface area (Å²) in [6, 6.07) is 14.2. The fourth-order valence-electron chi connectivity index (χ4n) is 2.16. The number of nitrogens with zero attached hydrogens (tertiary/aromatic N) is 4. The van der Waals surface area contributed by atoms with E-state index in [0.717, 1.165) is 14.4 Å². The molecule has 30 heavy (non-hydrogen) atoms. The van der Waals surface area contributed by atoms with Crippen LogP contribution in [0, 0.1) is 17.0 Å². The highest BCUT2D eigenvalue weighted by Crippen LogP contribution is 2.30. The average Bonchev–Trinajstić information content (AvgIpc) is 3.20. The average molecular weight is 460 g/mol. The van der Waals surface area contributed by atoms with Crippen molar-refractivity contribution in [3.8, 4) is 0 Å². The molecule has 1 aromatic heterocycles. The van der Waals surface area contributed by atoms with E-state index in [4.69, 9.17) is 0 Å². The maximum absolute atomic E-state index is 11.9. The van der Waals surface area contributed by atoms with Crippen LogP contribution in [0.5, 0.6) is 0 Å². The van der Waals surface area contributed by atoms with E-state index in [9.17, 15) is 14.9 Å². The Morgan fingerprint density at radius 1 is 1.13 bits per heavy atom. The molecule has 3 rings (SSSR count). The first kappa shape index (κ1) is 21.9. The Hall–Kier alpha value is -2.76. The van der Waals surface area contributed by atoms with Gasteiger partial charge in [-0.2, -0.15) is 5.10 Å². The zero-order valence-corrected chi connectivity index (χ0v) is 18.3. The van der Waals surface area contributed by atoms with E-state index in [1.54, 1.807) is 23.9 Å². The Bertz CT molecular complexity index is 1040. The number of nitrogens with one attached hydrogen (secondary N) is 1. The summed E-state index contributed by atoms with van der Waals surface area (Å²) in [6.07, 6.45) is 1.43. The summed E-state index contributed by atoms with van der Waals surface area (Å²) in [5.41, 5.74) is 5.52. The quantitative estimate of drug-likeness (QED) is 0.220. The first-order chi connectivity index (χ1) is 14.5. The standard InChI is InChI=1S/C19H17N5O3S3/c1-13-2-4-15(5-3-13)11-28-18-22-23-19(30-18)29-12-17(25)21-20-10-14-6-8-16(9-7-14)24(26)27/h2-10H,11-12H2,1H3,(H,21,25). The van der Waals surface area contributed by atoms with Crippen LogP contribution in [0.1, 0.15) is 16.7 Å². The maximum atomic E-state index is 11.9. The Labute approximate surface area is 185 Å². The van der Waals surface area contributed by atoms with Gasteiger partial charge in [-0.25, -0.2) is 5.43 Å². The summed E-state index contributed by atoms with van der Waals surface area (Å²) in [5.74, 6) is 0.703. The molecule has 0 unspecified atom stereocenters. The fourth-order valence-corrected chi connectivity index (χ4v) is 4.93. The molecule has 0 aliphatic rings. The van der Waals surface area contributed by atoms with Gasteiger partial charge in [-0.15, -0.1) is 10.2 Å². The maximum Gasteiger partial charge on any atom is 0.269 e. The van der Waals surface area contributed by atoms with Crippen molar-refractivity contribution in [2.24, 2.45) is 5.10 Å². The molecule has 0 spiro atoms. The van der Waals surface area contributed by atoms with Crippen LogP contribution in [-0.2, 0) is 10.5 Å². The lowest BCUT2D eigenvalue weighted by Gasteiger charge is -1.99. The van der Waals surface area contributed by atoms with Gasteiger partial charge in [-0.05, 0) is 30.2 Å². The molecule has 154 valence electrons. The number of thioether (sulfide) groups is 2. The summed E-state index contributed by atoms with van der Waals surface area (Å²) in [4.78, 5) is 22.1. The van der Waals surface area contributed by atoms with Crippen LogP contribution in [-0.4, -0.2) is 33.0 Å². The zero-order chi connectivity index (χ0) is 21.3. The number of nitro benzene ring substituents is 1. The molecular weight excluding hydrogens is 442 g/mol. The van der Waals surface area contributed by atoms with E-state index in [1.807, 2.05) is 0 Å². The van der Waals surface area contributed by atoms with Gasteiger partial charge in [0.15, 0.2) is 8.68 Å². The Kier molecular flexibility index (Phi) is 7.94. The first-order valence-electron chi connectivity index (χ1n) is 8.70. The first-order valence-corrected chi connectivity index (χ1v) is 11.5. The van der Waals surface area contributed by atoms with Gasteiger partial charge >= 0.3 is 0 Å². The van der Waals surface area contributed by atoms with Crippen molar-refractivity contribution in [3.63, 3.8) is 0 Å². The van der Waals surface area contributed by atoms with Crippen LogP contribution in [0.3, 0.4) is 0 Å². The highest BCUT2D eigenvalue weighted by atomic mass is 32.2. The van der Waals surface area contributed by atoms with E-state index in [-0.39, 0.29) is 17.3 Å². The van der Waals surface area contributed by atoms with E-state index < -0.39 is 4.92 Å². The number of non-ortho nitro benzene ring substituents is 1. The molecule has 0 saturated carbocycles. The van der Waals surface area contributed by atoms with Crippen LogP contribution in [0.15, 0.2) is 62.3 Å². The van der Waals surface area contributed by atoms with Crippen LogP contribution >= 0.6 is 34.9 Å². The van der Waals surface area contributed by atoms with Gasteiger partial charge in [-0.3, -0.25) is 14.9 Å². The van der Waals surface area contributed by atoms with Crippen molar-refractivity contribution < 1.29 is 9.72 Å². The Morgan fingerprint density at radius 3 is 2.47 bits per heavy atom. The normalized spacial score (nSPS) is 11.0. The van der Waals surface area contributed by atoms with Gasteiger partial charge in [0.1, 0.15) is 0 Å². The molecule has 0 bridgehead atoms. The monoisotopic (exact) mass is 459 g/mol. The van der Waals surface area contributed by atoms with Gasteiger partial charge in [-0.1, -0.05) is 64.7 Å². The minimum Gasteiger partial charge on any atom is -0.272 e. The largest absolute Gasteiger partial charge is 0.272 e. The van der Waals surface area contributed by atoms with Crippen molar-refractivity contribution in [1.82, 2.24) is 15.6 Å². The molecule has 0 saturated heterocycles. The molecule has 8 nitrogen and oxygen atoms in total. The lowest BCUT2D eigenvalue weighted by Crippen LogP contribution is -2.19. The van der Waals surface area contributed by atoms with Crippen molar-refractivity contribution in [3.05, 3.63) is 75.3 Å². The lowest BCUT2D eigenvalue weighted by molar-refractivity contribution is -0.384. The topological polar surface area (TPSA) is 110 Å². The summed E-state index contributed by atoms with van der Waals surface area (Å²) < 4.78 is 1.57. The van der Waals surface area contributed by atoms with Gasteiger partial charge < -0.3 is 0 Å². The number of carbonyl (C=O) groups is 1. The van der Waals surface area contributed by atoms with Gasteiger partial charge in [0.05, 0.1) is 16.9 Å². The number of hydrazone groups is 1. The second kappa shape index (κ2) is 10.9.